The molecule has 1 aliphatic heterocycles. The second-order valence-corrected chi connectivity index (χ2v) is 3.39. The Labute approximate surface area is 76.9 Å². The lowest BCUT2D eigenvalue weighted by Crippen LogP contribution is -2.43. The highest BCUT2D eigenvalue weighted by Crippen LogP contribution is 2.30. The number of rotatable bonds is 0. The van der Waals surface area contributed by atoms with Gasteiger partial charge in [0.15, 0.2) is 0 Å². The quantitative estimate of drug-likeness (QED) is 0.621. The van der Waals surface area contributed by atoms with Crippen LogP contribution in [-0.2, 0) is 4.79 Å². The van der Waals surface area contributed by atoms with E-state index in [1.165, 1.54) is 0 Å². The zero-order chi connectivity index (χ0) is 9.42. The fraction of sp³-hybridized carbons (Fsp3) is 0.300. The molecular formula is C10H12N2O. The third-order valence-corrected chi connectivity index (χ3v) is 2.55. The standard InChI is InChI=1S/C10H12N2O/c1-6-7-4-2-3-5-8(7)12-10(13)9(6)11/h2-6,9H,11H2,1H3,(H,12,13)/t6-,9+/m0/s1. The molecule has 3 N–H and O–H groups in total. The van der Waals surface area contributed by atoms with Gasteiger partial charge in [0.05, 0.1) is 6.04 Å². The minimum Gasteiger partial charge on any atom is -0.324 e. The fourth-order valence-corrected chi connectivity index (χ4v) is 1.64. The molecule has 1 amide bonds. The summed E-state index contributed by atoms with van der Waals surface area (Å²) >= 11 is 0. The van der Waals surface area contributed by atoms with Crippen molar-refractivity contribution in [1.82, 2.24) is 0 Å². The highest BCUT2D eigenvalue weighted by Gasteiger charge is 2.29. The molecule has 3 nitrogen and oxygen atoms in total. The molecule has 0 unspecified atom stereocenters. The van der Waals surface area contributed by atoms with Gasteiger partial charge in [0, 0.05) is 11.6 Å². The van der Waals surface area contributed by atoms with Crippen molar-refractivity contribution in [3.63, 3.8) is 0 Å². The van der Waals surface area contributed by atoms with Gasteiger partial charge in [-0.05, 0) is 11.6 Å². The average Bonchev–Trinajstić information content (AvgIpc) is 2.15. The Kier molecular flexibility index (Phi) is 1.81. The number of hydrogen-bond acceptors (Lipinski definition) is 2. The summed E-state index contributed by atoms with van der Waals surface area (Å²) in [5.41, 5.74) is 7.74. The van der Waals surface area contributed by atoms with Crippen LogP contribution in [-0.4, -0.2) is 11.9 Å². The number of hydrogen-bond donors (Lipinski definition) is 2. The molecule has 2 atom stereocenters. The molecule has 0 spiro atoms. The van der Waals surface area contributed by atoms with Gasteiger partial charge in [-0.25, -0.2) is 0 Å². The zero-order valence-electron chi connectivity index (χ0n) is 7.45. The van der Waals surface area contributed by atoms with E-state index < -0.39 is 6.04 Å². The van der Waals surface area contributed by atoms with Gasteiger partial charge in [-0.15, -0.1) is 0 Å². The smallest absolute Gasteiger partial charge is 0.241 e. The van der Waals surface area contributed by atoms with Crippen LogP contribution in [0.15, 0.2) is 24.3 Å². The van der Waals surface area contributed by atoms with Crippen LogP contribution in [0.1, 0.15) is 18.4 Å². The molecule has 0 radical (unpaired) electrons. The number of nitrogens with two attached hydrogens (primary N) is 1. The first-order chi connectivity index (χ1) is 6.20. The van der Waals surface area contributed by atoms with Crippen LogP contribution in [0.25, 0.3) is 0 Å². The molecule has 0 saturated heterocycles. The van der Waals surface area contributed by atoms with Crippen molar-refractivity contribution in [1.29, 1.82) is 0 Å². The first-order valence-electron chi connectivity index (χ1n) is 4.35. The monoisotopic (exact) mass is 176 g/mol. The summed E-state index contributed by atoms with van der Waals surface area (Å²) in [6.07, 6.45) is 0. The van der Waals surface area contributed by atoms with Gasteiger partial charge < -0.3 is 11.1 Å². The Balaban J connectivity index is 2.49. The Hall–Kier alpha value is -1.35. The van der Waals surface area contributed by atoms with Crippen molar-refractivity contribution >= 4 is 11.6 Å². The summed E-state index contributed by atoms with van der Waals surface area (Å²) in [5, 5.41) is 2.78. The first-order valence-corrected chi connectivity index (χ1v) is 4.35. The van der Waals surface area contributed by atoms with Gasteiger partial charge in [-0.1, -0.05) is 25.1 Å². The lowest BCUT2D eigenvalue weighted by atomic mass is 9.89. The summed E-state index contributed by atoms with van der Waals surface area (Å²) < 4.78 is 0. The van der Waals surface area contributed by atoms with Gasteiger partial charge in [0.25, 0.3) is 0 Å². The predicted molar refractivity (Wildman–Crippen MR) is 51.5 cm³/mol. The molecule has 68 valence electrons. The third kappa shape index (κ3) is 1.21. The second-order valence-electron chi connectivity index (χ2n) is 3.39. The fourth-order valence-electron chi connectivity index (χ4n) is 1.64. The Morgan fingerprint density at radius 3 is 2.85 bits per heavy atom. The largest absolute Gasteiger partial charge is 0.324 e. The van der Waals surface area contributed by atoms with Crippen molar-refractivity contribution in [2.75, 3.05) is 5.32 Å². The molecule has 3 heteroatoms. The van der Waals surface area contributed by atoms with Crippen LogP contribution in [0.2, 0.25) is 0 Å². The summed E-state index contributed by atoms with van der Waals surface area (Å²) in [6, 6.07) is 7.34. The van der Waals surface area contributed by atoms with Crippen molar-refractivity contribution in [3.8, 4) is 0 Å². The maximum absolute atomic E-state index is 11.3. The minimum absolute atomic E-state index is 0.0915. The molecule has 1 aliphatic rings. The predicted octanol–water partition coefficient (Wildman–Crippen LogP) is 1.07. The van der Waals surface area contributed by atoms with Crippen LogP contribution < -0.4 is 11.1 Å². The molecule has 1 aromatic rings. The van der Waals surface area contributed by atoms with E-state index in [0.717, 1.165) is 11.3 Å². The Morgan fingerprint density at radius 2 is 2.08 bits per heavy atom. The molecule has 0 fully saturated rings. The highest BCUT2D eigenvalue weighted by molar-refractivity contribution is 5.98. The van der Waals surface area contributed by atoms with Gasteiger partial charge in [0.1, 0.15) is 0 Å². The SMILES string of the molecule is C[C@H]1c2ccccc2NC(=O)[C@@H]1N. The molecular weight excluding hydrogens is 164 g/mol. The number of anilines is 1. The minimum atomic E-state index is -0.421. The van der Waals surface area contributed by atoms with Gasteiger partial charge in [-0.2, -0.15) is 0 Å². The van der Waals surface area contributed by atoms with Gasteiger partial charge in [-0.3, -0.25) is 4.79 Å². The number of para-hydroxylation sites is 1. The molecule has 1 aromatic carbocycles. The van der Waals surface area contributed by atoms with Gasteiger partial charge >= 0.3 is 0 Å². The molecule has 0 aromatic heterocycles. The summed E-state index contributed by atoms with van der Waals surface area (Å²) in [6.45, 7) is 1.97. The van der Waals surface area contributed by atoms with E-state index in [2.05, 4.69) is 5.32 Å². The van der Waals surface area contributed by atoms with E-state index in [0.29, 0.717) is 0 Å². The third-order valence-electron chi connectivity index (χ3n) is 2.55. The zero-order valence-corrected chi connectivity index (χ0v) is 7.45. The van der Waals surface area contributed by atoms with Gasteiger partial charge in [0.2, 0.25) is 5.91 Å². The lowest BCUT2D eigenvalue weighted by molar-refractivity contribution is -0.118. The normalized spacial score (nSPS) is 26.5. The number of carbonyl (C=O) groups excluding carboxylic acids is 1. The summed E-state index contributed by atoms with van der Waals surface area (Å²) in [5.74, 6) is 0.0103. The van der Waals surface area contributed by atoms with Crippen LogP contribution >= 0.6 is 0 Å². The number of nitrogens with one attached hydrogen (secondary N) is 1. The topological polar surface area (TPSA) is 55.1 Å². The van der Waals surface area contributed by atoms with Crippen LogP contribution in [0.5, 0.6) is 0 Å². The Morgan fingerprint density at radius 1 is 1.38 bits per heavy atom. The van der Waals surface area contributed by atoms with Crippen molar-refractivity contribution in [3.05, 3.63) is 29.8 Å². The van der Waals surface area contributed by atoms with Crippen LogP contribution in [0, 0.1) is 0 Å². The molecule has 0 bridgehead atoms. The van der Waals surface area contributed by atoms with E-state index in [1.54, 1.807) is 0 Å². The maximum Gasteiger partial charge on any atom is 0.241 e. The second kappa shape index (κ2) is 2.85. The summed E-state index contributed by atoms with van der Waals surface area (Å²) in [4.78, 5) is 11.3. The molecule has 13 heavy (non-hydrogen) atoms. The highest BCUT2D eigenvalue weighted by atomic mass is 16.2. The lowest BCUT2D eigenvalue weighted by Gasteiger charge is -2.27. The Bertz CT molecular complexity index is 349. The maximum atomic E-state index is 11.3. The van der Waals surface area contributed by atoms with Crippen LogP contribution in [0.3, 0.4) is 0 Å². The van der Waals surface area contributed by atoms with E-state index in [-0.39, 0.29) is 11.8 Å². The van der Waals surface area contributed by atoms with E-state index in [1.807, 2.05) is 31.2 Å². The molecule has 2 rings (SSSR count). The van der Waals surface area contributed by atoms with Crippen molar-refractivity contribution in [2.24, 2.45) is 5.73 Å². The number of amides is 1. The van der Waals surface area contributed by atoms with Crippen molar-refractivity contribution < 1.29 is 4.79 Å². The van der Waals surface area contributed by atoms with E-state index in [9.17, 15) is 4.79 Å². The number of carbonyl (C=O) groups is 1. The number of fused-ring (bicyclic) bond motifs is 1. The first kappa shape index (κ1) is 8.26. The summed E-state index contributed by atoms with van der Waals surface area (Å²) in [7, 11) is 0. The van der Waals surface area contributed by atoms with E-state index in [4.69, 9.17) is 5.73 Å². The van der Waals surface area contributed by atoms with Crippen molar-refractivity contribution in [2.45, 2.75) is 18.9 Å². The van der Waals surface area contributed by atoms with Crippen LogP contribution in [0.4, 0.5) is 5.69 Å². The number of benzene rings is 1. The molecule has 0 aliphatic carbocycles. The molecule has 1 heterocycles. The molecule has 0 saturated carbocycles. The average molecular weight is 176 g/mol. The van der Waals surface area contributed by atoms with E-state index >= 15 is 0 Å².